The highest BCUT2D eigenvalue weighted by Gasteiger charge is 2.10. The van der Waals surface area contributed by atoms with Crippen LogP contribution in [0, 0.1) is 0 Å². The number of phenolic OH excluding ortho intramolecular Hbond substituents is 2. The molecule has 0 saturated carbocycles. The van der Waals surface area contributed by atoms with Gasteiger partial charge in [0.25, 0.3) is 0 Å². The van der Waals surface area contributed by atoms with Gasteiger partial charge in [0, 0.05) is 19.7 Å². The van der Waals surface area contributed by atoms with Crippen molar-refractivity contribution in [2.45, 2.75) is 6.10 Å². The molecule has 0 fully saturated rings. The highest BCUT2D eigenvalue weighted by Crippen LogP contribution is 2.25. The second-order valence-corrected chi connectivity index (χ2v) is 4.96. The summed E-state index contributed by atoms with van der Waals surface area (Å²) in [5.41, 5.74) is 1.60. The maximum atomic E-state index is 11.9. The average molecular weight is 313 g/mol. The smallest absolute Gasteiger partial charge is 0.244 e. The number of carbonyl (C=O) groups excluding carboxylic acids is 1. The molecule has 3 N–H and O–H groups in total. The molecule has 0 aliphatic rings. The Morgan fingerprint density at radius 1 is 1.17 bits per heavy atom. The van der Waals surface area contributed by atoms with E-state index in [1.165, 1.54) is 18.2 Å². The molecule has 2 aromatic rings. The lowest BCUT2D eigenvalue weighted by molar-refractivity contribution is -0.117. The molecule has 0 bridgehead atoms. The average Bonchev–Trinajstić information content (AvgIpc) is 2.57. The van der Waals surface area contributed by atoms with Gasteiger partial charge in [0.1, 0.15) is 0 Å². The first-order chi connectivity index (χ1) is 11.1. The number of hydrogen-bond donors (Lipinski definition) is 3. The molecule has 23 heavy (non-hydrogen) atoms. The normalized spacial score (nSPS) is 12.2. The van der Waals surface area contributed by atoms with Gasteiger partial charge < -0.3 is 20.3 Å². The van der Waals surface area contributed by atoms with Gasteiger partial charge in [0.2, 0.25) is 5.91 Å². The summed E-state index contributed by atoms with van der Waals surface area (Å²) in [7, 11) is 1.60. The zero-order valence-corrected chi connectivity index (χ0v) is 12.8. The number of phenols is 2. The first-order valence-corrected chi connectivity index (χ1v) is 7.16. The summed E-state index contributed by atoms with van der Waals surface area (Å²) in [4.78, 5) is 11.9. The van der Waals surface area contributed by atoms with Crippen LogP contribution in [0.5, 0.6) is 11.5 Å². The predicted molar refractivity (Wildman–Crippen MR) is 88.0 cm³/mol. The Kier molecular flexibility index (Phi) is 5.77. The van der Waals surface area contributed by atoms with E-state index in [1.807, 2.05) is 30.3 Å². The topological polar surface area (TPSA) is 78.8 Å². The molecule has 1 amide bonds. The van der Waals surface area contributed by atoms with Gasteiger partial charge in [0.15, 0.2) is 11.5 Å². The Labute approximate surface area is 134 Å². The molecule has 0 saturated heterocycles. The van der Waals surface area contributed by atoms with Gasteiger partial charge >= 0.3 is 0 Å². The van der Waals surface area contributed by atoms with Crippen LogP contribution in [0.1, 0.15) is 17.2 Å². The van der Waals surface area contributed by atoms with Gasteiger partial charge in [-0.25, -0.2) is 0 Å². The summed E-state index contributed by atoms with van der Waals surface area (Å²) in [5.74, 6) is -0.691. The molecule has 0 spiro atoms. The van der Waals surface area contributed by atoms with Gasteiger partial charge in [-0.3, -0.25) is 4.79 Å². The third-order valence-electron chi connectivity index (χ3n) is 3.34. The predicted octanol–water partition coefficient (Wildman–Crippen LogP) is 2.61. The number of amides is 1. The molecule has 0 heterocycles. The number of benzene rings is 2. The second-order valence-electron chi connectivity index (χ2n) is 4.96. The minimum absolute atomic E-state index is 0.197. The fourth-order valence-corrected chi connectivity index (χ4v) is 2.07. The molecule has 0 aromatic heterocycles. The van der Waals surface area contributed by atoms with Crippen LogP contribution in [-0.2, 0) is 9.53 Å². The number of nitrogens with one attached hydrogen (secondary N) is 1. The molecule has 2 rings (SSSR count). The highest BCUT2D eigenvalue weighted by molar-refractivity contribution is 5.91. The van der Waals surface area contributed by atoms with E-state index >= 15 is 0 Å². The zero-order valence-electron chi connectivity index (χ0n) is 12.8. The van der Waals surface area contributed by atoms with Crippen LogP contribution >= 0.6 is 0 Å². The van der Waals surface area contributed by atoms with E-state index < -0.39 is 0 Å². The van der Waals surface area contributed by atoms with E-state index in [0.717, 1.165) is 5.56 Å². The van der Waals surface area contributed by atoms with E-state index in [-0.39, 0.29) is 23.5 Å². The fourth-order valence-electron chi connectivity index (χ4n) is 2.07. The van der Waals surface area contributed by atoms with Gasteiger partial charge in [-0.2, -0.15) is 0 Å². The largest absolute Gasteiger partial charge is 0.504 e. The van der Waals surface area contributed by atoms with Crippen molar-refractivity contribution in [3.63, 3.8) is 0 Å². The van der Waals surface area contributed by atoms with Crippen LogP contribution in [-0.4, -0.2) is 29.8 Å². The molecule has 0 radical (unpaired) electrons. The van der Waals surface area contributed by atoms with Crippen molar-refractivity contribution < 1.29 is 19.7 Å². The monoisotopic (exact) mass is 313 g/mol. The molecule has 0 aliphatic heterocycles. The molecule has 1 atom stereocenters. The number of hydrogen-bond acceptors (Lipinski definition) is 4. The molecule has 5 heteroatoms. The first-order valence-electron chi connectivity index (χ1n) is 7.16. The lowest BCUT2D eigenvalue weighted by Gasteiger charge is -2.15. The van der Waals surface area contributed by atoms with Gasteiger partial charge in [-0.1, -0.05) is 36.4 Å². The highest BCUT2D eigenvalue weighted by atomic mass is 16.5. The summed E-state index contributed by atoms with van der Waals surface area (Å²) >= 11 is 0. The van der Waals surface area contributed by atoms with Crippen molar-refractivity contribution >= 4 is 12.0 Å². The second kappa shape index (κ2) is 8.00. The summed E-state index contributed by atoms with van der Waals surface area (Å²) < 4.78 is 5.38. The Morgan fingerprint density at radius 3 is 2.57 bits per heavy atom. The van der Waals surface area contributed by atoms with Crippen LogP contribution < -0.4 is 5.32 Å². The third kappa shape index (κ3) is 4.86. The van der Waals surface area contributed by atoms with Crippen LogP contribution in [0.2, 0.25) is 0 Å². The van der Waals surface area contributed by atoms with Gasteiger partial charge in [-0.15, -0.1) is 0 Å². The Balaban J connectivity index is 1.91. The Morgan fingerprint density at radius 2 is 1.91 bits per heavy atom. The van der Waals surface area contributed by atoms with E-state index in [0.29, 0.717) is 12.1 Å². The zero-order chi connectivity index (χ0) is 16.7. The van der Waals surface area contributed by atoms with Crippen molar-refractivity contribution in [2.24, 2.45) is 0 Å². The molecule has 2 aromatic carbocycles. The Bertz CT molecular complexity index is 683. The maximum Gasteiger partial charge on any atom is 0.244 e. The van der Waals surface area contributed by atoms with E-state index in [4.69, 9.17) is 4.74 Å². The summed E-state index contributed by atoms with van der Waals surface area (Å²) in [6.45, 7) is 0.352. The third-order valence-corrected chi connectivity index (χ3v) is 3.34. The van der Waals surface area contributed by atoms with E-state index in [2.05, 4.69) is 5.32 Å². The van der Waals surface area contributed by atoms with Gasteiger partial charge in [0.05, 0.1) is 6.10 Å². The SMILES string of the molecule is CO[C@H](CNC(=O)/C=C/c1ccc(O)c(O)c1)c1ccccc1. The number of aromatic hydroxyl groups is 2. The standard InChI is InChI=1S/C18H19NO4/c1-23-17(14-5-3-2-4-6-14)12-19-18(22)10-8-13-7-9-15(20)16(21)11-13/h2-11,17,20-21H,12H2,1H3,(H,19,22)/b10-8+/t17-/m1/s1. The van der Waals surface area contributed by atoms with Crippen LogP contribution in [0.4, 0.5) is 0 Å². The lowest BCUT2D eigenvalue weighted by atomic mass is 10.1. The summed E-state index contributed by atoms with van der Waals surface area (Å²) in [5, 5.41) is 21.4. The van der Waals surface area contributed by atoms with Crippen LogP contribution in [0.3, 0.4) is 0 Å². The van der Waals surface area contributed by atoms with Gasteiger partial charge in [-0.05, 0) is 29.3 Å². The molecular formula is C18H19NO4. The van der Waals surface area contributed by atoms with Crippen molar-refractivity contribution in [3.8, 4) is 11.5 Å². The van der Waals surface area contributed by atoms with Crippen molar-refractivity contribution in [1.29, 1.82) is 0 Å². The quantitative estimate of drug-likeness (QED) is 0.566. The number of rotatable bonds is 6. The molecule has 0 unspecified atom stereocenters. The van der Waals surface area contributed by atoms with E-state index in [9.17, 15) is 15.0 Å². The summed E-state index contributed by atoms with van der Waals surface area (Å²) in [6.07, 6.45) is 2.70. The minimum atomic E-state index is -0.268. The van der Waals surface area contributed by atoms with Crippen molar-refractivity contribution in [1.82, 2.24) is 5.32 Å². The first kappa shape index (κ1) is 16.6. The van der Waals surface area contributed by atoms with Crippen molar-refractivity contribution in [3.05, 3.63) is 65.7 Å². The number of methoxy groups -OCH3 is 1. The molecule has 0 aliphatic carbocycles. The van der Waals surface area contributed by atoms with Crippen LogP contribution in [0.15, 0.2) is 54.6 Å². The number of carbonyl (C=O) groups is 1. The Hall–Kier alpha value is -2.79. The minimum Gasteiger partial charge on any atom is -0.504 e. The molecular weight excluding hydrogens is 294 g/mol. The molecule has 120 valence electrons. The van der Waals surface area contributed by atoms with Crippen molar-refractivity contribution in [2.75, 3.05) is 13.7 Å². The molecule has 5 nitrogen and oxygen atoms in total. The number of ether oxygens (including phenoxy) is 1. The van der Waals surface area contributed by atoms with E-state index in [1.54, 1.807) is 19.3 Å². The van der Waals surface area contributed by atoms with Crippen LogP contribution in [0.25, 0.3) is 6.08 Å². The summed E-state index contributed by atoms with van der Waals surface area (Å²) in [6, 6.07) is 14.0. The fraction of sp³-hybridized carbons (Fsp3) is 0.167. The maximum absolute atomic E-state index is 11.9. The lowest BCUT2D eigenvalue weighted by Crippen LogP contribution is -2.27.